The topological polar surface area (TPSA) is 24.4 Å². The first-order valence-corrected chi connectivity index (χ1v) is 11.0. The molecular weight excluding hydrogens is 411 g/mol. The lowest BCUT2D eigenvalue weighted by molar-refractivity contribution is 0.707. The highest BCUT2D eigenvalue weighted by Crippen LogP contribution is 2.62. The smallest absolute Gasteiger partial charge is 0.130 e. The van der Waals surface area contributed by atoms with Crippen LogP contribution in [0.15, 0.2) is 82.9 Å². The van der Waals surface area contributed by atoms with E-state index in [-0.39, 0.29) is 11.5 Å². The molecule has 4 heteroatoms. The molecule has 3 aromatic carbocycles. The molecule has 0 bridgehead atoms. The number of benzene rings is 3. The predicted molar refractivity (Wildman–Crippen MR) is 125 cm³/mol. The van der Waals surface area contributed by atoms with Crippen molar-refractivity contribution in [3.8, 4) is 0 Å². The molecule has 1 heterocycles. The van der Waals surface area contributed by atoms with Crippen LogP contribution in [0.4, 0.5) is 5.69 Å². The van der Waals surface area contributed by atoms with Gasteiger partial charge in [-0.05, 0) is 55.2 Å². The Hall–Kier alpha value is -2.55. The molecule has 0 saturated carbocycles. The van der Waals surface area contributed by atoms with Crippen LogP contribution in [0.5, 0.6) is 0 Å². The van der Waals surface area contributed by atoms with Gasteiger partial charge in [-0.2, -0.15) is 0 Å². The highest BCUT2D eigenvalue weighted by Gasteiger charge is 2.57. The van der Waals surface area contributed by atoms with Gasteiger partial charge in [0.1, 0.15) is 11.9 Å². The van der Waals surface area contributed by atoms with Gasteiger partial charge in [0.15, 0.2) is 0 Å². The lowest BCUT2D eigenvalue weighted by Gasteiger charge is -2.27. The van der Waals surface area contributed by atoms with E-state index in [1.54, 1.807) is 0 Å². The summed E-state index contributed by atoms with van der Waals surface area (Å²) < 4.78 is 0. The van der Waals surface area contributed by atoms with Gasteiger partial charge in [-0.15, -0.1) is 0 Å². The molecule has 148 valence electrons. The number of anilines is 1. The van der Waals surface area contributed by atoms with Gasteiger partial charge in [-0.1, -0.05) is 71.2 Å². The maximum absolute atomic E-state index is 6.59. The van der Waals surface area contributed by atoms with Gasteiger partial charge in [0.2, 0.25) is 0 Å². The predicted octanol–water partition coefficient (Wildman–Crippen LogP) is 7.12. The molecule has 1 N–H and O–H groups in total. The second kappa shape index (κ2) is 6.47. The van der Waals surface area contributed by atoms with Crippen molar-refractivity contribution in [3.63, 3.8) is 0 Å². The summed E-state index contributed by atoms with van der Waals surface area (Å²) in [4.78, 5) is 5.20. The average Bonchev–Trinajstić information content (AvgIpc) is 3.17. The molecule has 2 atom stereocenters. The highest BCUT2D eigenvalue weighted by molar-refractivity contribution is 6.33. The highest BCUT2D eigenvalue weighted by atomic mass is 35.5. The van der Waals surface area contributed by atoms with Crippen LogP contribution >= 0.6 is 23.2 Å². The van der Waals surface area contributed by atoms with Crippen LogP contribution in [0.25, 0.3) is 0 Å². The van der Waals surface area contributed by atoms with E-state index >= 15 is 0 Å². The Morgan fingerprint density at radius 2 is 1.77 bits per heavy atom. The van der Waals surface area contributed by atoms with E-state index in [4.69, 9.17) is 28.2 Å². The number of amidine groups is 1. The van der Waals surface area contributed by atoms with E-state index < -0.39 is 0 Å². The summed E-state index contributed by atoms with van der Waals surface area (Å²) in [5.41, 5.74) is 8.84. The number of halogens is 2. The van der Waals surface area contributed by atoms with Crippen LogP contribution in [0, 0.1) is 0 Å². The summed E-state index contributed by atoms with van der Waals surface area (Å²) in [7, 11) is 0. The third-order valence-electron chi connectivity index (χ3n) is 6.88. The van der Waals surface area contributed by atoms with Crippen LogP contribution in [0.1, 0.15) is 41.6 Å². The van der Waals surface area contributed by atoms with Gasteiger partial charge >= 0.3 is 0 Å². The number of aliphatic imine (C=N–C) groups is 1. The maximum Gasteiger partial charge on any atom is 0.130 e. The van der Waals surface area contributed by atoms with E-state index in [0.29, 0.717) is 10.0 Å². The van der Waals surface area contributed by atoms with Gasteiger partial charge < -0.3 is 5.32 Å². The number of rotatable bonds is 2. The summed E-state index contributed by atoms with van der Waals surface area (Å²) in [6.07, 6.45) is 2.24. The largest absolute Gasteiger partial charge is 0.340 e. The summed E-state index contributed by atoms with van der Waals surface area (Å²) in [5, 5.41) is 4.98. The summed E-state index contributed by atoms with van der Waals surface area (Å²) in [6, 6.07) is 22.6. The zero-order valence-corrected chi connectivity index (χ0v) is 18.1. The van der Waals surface area contributed by atoms with Crippen molar-refractivity contribution >= 4 is 34.7 Å². The van der Waals surface area contributed by atoms with E-state index in [1.165, 1.54) is 22.3 Å². The van der Waals surface area contributed by atoms with Gasteiger partial charge in [0.25, 0.3) is 0 Å². The molecule has 2 nitrogen and oxygen atoms in total. The molecule has 1 spiro atoms. The molecule has 0 fully saturated rings. The van der Waals surface area contributed by atoms with Crippen molar-refractivity contribution < 1.29 is 0 Å². The van der Waals surface area contributed by atoms with Crippen molar-refractivity contribution in [1.82, 2.24) is 0 Å². The van der Waals surface area contributed by atoms with Crippen LogP contribution in [0.3, 0.4) is 0 Å². The Balaban J connectivity index is 1.48. The van der Waals surface area contributed by atoms with Crippen LogP contribution in [0.2, 0.25) is 10.0 Å². The maximum atomic E-state index is 6.59. The average molecular weight is 431 g/mol. The number of allylic oxidation sites excluding steroid dienone is 1. The lowest BCUT2D eigenvalue weighted by Crippen LogP contribution is -2.24. The van der Waals surface area contributed by atoms with Gasteiger partial charge in [-0.3, -0.25) is 4.99 Å². The molecule has 2 aliphatic carbocycles. The van der Waals surface area contributed by atoms with Crippen molar-refractivity contribution in [1.29, 1.82) is 0 Å². The quantitative estimate of drug-likeness (QED) is 0.459. The number of nitrogens with zero attached hydrogens (tertiary/aromatic N) is 1. The third kappa shape index (κ3) is 2.47. The zero-order valence-electron chi connectivity index (χ0n) is 16.5. The molecule has 0 aromatic heterocycles. The Morgan fingerprint density at radius 1 is 0.967 bits per heavy atom. The number of hydrogen-bond donors (Lipinski definition) is 1. The zero-order chi connectivity index (χ0) is 20.5. The molecule has 3 aromatic rings. The minimum absolute atomic E-state index is 0.0391. The monoisotopic (exact) mass is 430 g/mol. The SMILES string of the molecule is CC1=C(C2=NC(c3cc(Cl)ccc3Cl)c3ccccc3N2)[C@]12CCc1ccccc12. The third-order valence-corrected chi connectivity index (χ3v) is 7.46. The minimum atomic E-state index is -0.182. The standard InChI is InChI=1S/C26H20Cl2N2/c1-15-23(26(15)13-12-16-6-2-4-8-20(16)26)25-29-22-9-5-3-7-18(22)24(30-25)19-14-17(27)10-11-21(19)28/h2-11,14,24H,12-13H2,1H3,(H,29,30)/t24?,26-/m1/s1. The number of fused-ring (bicyclic) bond motifs is 3. The minimum Gasteiger partial charge on any atom is -0.340 e. The number of hydrogen-bond acceptors (Lipinski definition) is 2. The van der Waals surface area contributed by atoms with E-state index in [1.807, 2.05) is 24.3 Å². The first kappa shape index (κ1) is 18.2. The second-order valence-electron chi connectivity index (χ2n) is 8.32. The van der Waals surface area contributed by atoms with Crippen LogP contribution < -0.4 is 5.32 Å². The molecule has 1 unspecified atom stereocenters. The Labute approximate surface area is 186 Å². The Kier molecular flexibility index (Phi) is 3.93. The van der Waals surface area contributed by atoms with E-state index in [0.717, 1.165) is 35.5 Å². The fourth-order valence-corrected chi connectivity index (χ4v) is 5.80. The molecule has 3 aliphatic rings. The van der Waals surface area contributed by atoms with Crippen molar-refractivity contribution in [2.75, 3.05) is 5.32 Å². The molecular formula is C26H20Cl2N2. The molecule has 0 saturated heterocycles. The summed E-state index contributed by atoms with van der Waals surface area (Å²) in [5.74, 6) is 0.962. The molecule has 0 radical (unpaired) electrons. The molecule has 0 amide bonds. The molecule has 1 aliphatic heterocycles. The number of nitrogens with one attached hydrogen (secondary N) is 1. The number of para-hydroxylation sites is 1. The Bertz CT molecular complexity index is 1270. The van der Waals surface area contributed by atoms with Crippen molar-refractivity contribution in [3.05, 3.63) is 110 Å². The van der Waals surface area contributed by atoms with Gasteiger partial charge in [0.05, 0.1) is 0 Å². The van der Waals surface area contributed by atoms with Crippen molar-refractivity contribution in [2.45, 2.75) is 31.2 Å². The lowest BCUT2D eigenvalue weighted by atomic mass is 9.89. The second-order valence-corrected chi connectivity index (χ2v) is 9.16. The van der Waals surface area contributed by atoms with Crippen LogP contribution in [-0.2, 0) is 11.8 Å². The fourth-order valence-electron chi connectivity index (χ4n) is 5.39. The molecule has 6 rings (SSSR count). The number of aryl methyl sites for hydroxylation is 1. The van der Waals surface area contributed by atoms with E-state index in [2.05, 4.69) is 54.7 Å². The normalized spacial score (nSPS) is 23.7. The first-order valence-electron chi connectivity index (χ1n) is 10.3. The van der Waals surface area contributed by atoms with Crippen molar-refractivity contribution in [2.24, 2.45) is 4.99 Å². The van der Waals surface area contributed by atoms with Gasteiger partial charge in [0, 0.05) is 37.8 Å². The summed E-state index contributed by atoms with van der Waals surface area (Å²) in [6.45, 7) is 2.25. The Morgan fingerprint density at radius 3 is 2.67 bits per heavy atom. The van der Waals surface area contributed by atoms with E-state index in [9.17, 15) is 0 Å². The van der Waals surface area contributed by atoms with Crippen LogP contribution in [-0.4, -0.2) is 5.84 Å². The summed E-state index contributed by atoms with van der Waals surface area (Å²) >= 11 is 12.9. The van der Waals surface area contributed by atoms with Gasteiger partial charge in [-0.25, -0.2) is 0 Å². The fraction of sp³-hybridized carbons (Fsp3) is 0.192. The first-order chi connectivity index (χ1) is 14.6. The molecule has 30 heavy (non-hydrogen) atoms.